The van der Waals surface area contributed by atoms with Crippen molar-refractivity contribution in [2.45, 2.75) is 30.0 Å². The Labute approximate surface area is 149 Å². The largest absolute Gasteiger partial charge is 0.417 e. The van der Waals surface area contributed by atoms with Crippen LogP contribution in [-0.2, 0) is 16.2 Å². The summed E-state index contributed by atoms with van der Waals surface area (Å²) in [6, 6.07) is 5.96. The molecule has 0 spiro atoms. The van der Waals surface area contributed by atoms with E-state index in [0.717, 1.165) is 16.4 Å². The number of hydrogen-bond donors (Lipinski definition) is 1. The molecule has 2 aromatic rings. The molecule has 0 atom stereocenters. The van der Waals surface area contributed by atoms with Gasteiger partial charge in [-0.15, -0.1) is 0 Å². The number of sulfonamides is 1. The quantitative estimate of drug-likeness (QED) is 0.875. The molecule has 1 fully saturated rings. The third-order valence-electron chi connectivity index (χ3n) is 4.20. The Bertz CT molecular complexity index is 851. The maximum Gasteiger partial charge on any atom is 0.417 e. The van der Waals surface area contributed by atoms with Crippen LogP contribution in [0, 0.1) is 0 Å². The molecule has 0 unspecified atom stereocenters. The molecule has 26 heavy (non-hydrogen) atoms. The molecule has 2 heterocycles. The zero-order chi connectivity index (χ0) is 18.8. The van der Waals surface area contributed by atoms with Crippen molar-refractivity contribution >= 4 is 15.8 Å². The van der Waals surface area contributed by atoms with E-state index in [2.05, 4.69) is 15.3 Å². The number of aromatic nitrogens is 2. The maximum atomic E-state index is 13.1. The van der Waals surface area contributed by atoms with Gasteiger partial charge in [-0.05, 0) is 31.0 Å². The summed E-state index contributed by atoms with van der Waals surface area (Å²) in [5.41, 5.74) is -1.14. The highest BCUT2D eigenvalue weighted by Gasteiger charge is 2.39. The molecule has 0 aliphatic carbocycles. The predicted molar refractivity (Wildman–Crippen MR) is 88.9 cm³/mol. The molecule has 1 N–H and O–H groups in total. The average Bonchev–Trinajstić information content (AvgIpc) is 2.62. The minimum Gasteiger partial charge on any atom is -0.367 e. The second kappa shape index (κ2) is 7.20. The molecule has 1 aliphatic heterocycles. The number of halogens is 3. The molecule has 1 aliphatic rings. The summed E-state index contributed by atoms with van der Waals surface area (Å²) in [6.45, 7) is 0.272. The Morgan fingerprint density at radius 3 is 2.42 bits per heavy atom. The van der Waals surface area contributed by atoms with Gasteiger partial charge in [-0.2, -0.15) is 17.5 Å². The molecular weight excluding hydrogens is 369 g/mol. The molecule has 0 amide bonds. The summed E-state index contributed by atoms with van der Waals surface area (Å²) in [5.74, 6) is 0.628. The van der Waals surface area contributed by atoms with E-state index in [1.54, 1.807) is 12.3 Å². The van der Waals surface area contributed by atoms with Crippen molar-refractivity contribution < 1.29 is 21.6 Å². The van der Waals surface area contributed by atoms with E-state index in [1.165, 1.54) is 18.5 Å². The second-order valence-corrected chi connectivity index (χ2v) is 7.82. The minimum atomic E-state index is -4.73. The lowest BCUT2D eigenvalue weighted by molar-refractivity contribution is -0.139. The lowest BCUT2D eigenvalue weighted by atomic mass is 10.1. The molecule has 1 saturated heterocycles. The van der Waals surface area contributed by atoms with Gasteiger partial charge in [0.25, 0.3) is 0 Å². The fraction of sp³-hybridized carbons (Fsp3) is 0.375. The van der Waals surface area contributed by atoms with Crippen molar-refractivity contribution in [2.24, 2.45) is 0 Å². The molecular formula is C16H17F3N4O2S. The highest BCUT2D eigenvalue weighted by molar-refractivity contribution is 7.89. The van der Waals surface area contributed by atoms with E-state index in [0.29, 0.717) is 18.7 Å². The minimum absolute atomic E-state index is 0.00536. The van der Waals surface area contributed by atoms with E-state index in [1.807, 2.05) is 0 Å². The van der Waals surface area contributed by atoms with Crippen LogP contribution in [0.15, 0.2) is 47.8 Å². The van der Waals surface area contributed by atoms with Crippen LogP contribution in [0.1, 0.15) is 18.4 Å². The zero-order valence-electron chi connectivity index (χ0n) is 13.6. The summed E-state index contributed by atoms with van der Waals surface area (Å²) in [4.78, 5) is 7.16. The van der Waals surface area contributed by atoms with Crippen LogP contribution in [0.2, 0.25) is 0 Å². The summed E-state index contributed by atoms with van der Waals surface area (Å²) in [6.07, 6.45) is -0.801. The number of hydrogen-bond acceptors (Lipinski definition) is 5. The van der Waals surface area contributed by atoms with Crippen LogP contribution >= 0.6 is 0 Å². The van der Waals surface area contributed by atoms with Gasteiger partial charge in [-0.3, -0.25) is 0 Å². The zero-order valence-corrected chi connectivity index (χ0v) is 14.5. The van der Waals surface area contributed by atoms with Gasteiger partial charge in [0, 0.05) is 25.3 Å². The highest BCUT2D eigenvalue weighted by atomic mass is 32.2. The second-order valence-electron chi connectivity index (χ2n) is 5.91. The van der Waals surface area contributed by atoms with Crippen LogP contribution in [-0.4, -0.2) is 41.8 Å². The number of rotatable bonds is 4. The molecule has 10 heteroatoms. The van der Waals surface area contributed by atoms with Crippen LogP contribution in [0.25, 0.3) is 0 Å². The maximum absolute atomic E-state index is 13.1. The Morgan fingerprint density at radius 2 is 1.81 bits per heavy atom. The Kier molecular flexibility index (Phi) is 5.15. The Balaban J connectivity index is 1.73. The van der Waals surface area contributed by atoms with Gasteiger partial charge in [0.05, 0.1) is 10.5 Å². The molecule has 1 aromatic heterocycles. The molecule has 140 valence electrons. The standard InChI is InChI=1S/C16H17F3N4O2S/c17-16(18,19)13-3-1-2-4-14(13)26(24,25)23-9-6-12(7-10-23)22-15-5-8-20-11-21-15/h1-5,8,11-12H,6-7,9-10H2,(H,20,21,22). The average molecular weight is 386 g/mol. The Hall–Kier alpha value is -2.20. The third kappa shape index (κ3) is 3.96. The number of piperidine rings is 1. The van der Waals surface area contributed by atoms with Crippen LogP contribution < -0.4 is 5.32 Å². The van der Waals surface area contributed by atoms with E-state index in [4.69, 9.17) is 0 Å². The number of anilines is 1. The van der Waals surface area contributed by atoms with Crippen molar-refractivity contribution in [1.82, 2.24) is 14.3 Å². The van der Waals surface area contributed by atoms with Crippen molar-refractivity contribution in [3.8, 4) is 0 Å². The van der Waals surface area contributed by atoms with Crippen molar-refractivity contribution in [3.63, 3.8) is 0 Å². The molecule has 0 radical (unpaired) electrons. The SMILES string of the molecule is O=S(=O)(c1ccccc1C(F)(F)F)N1CCC(Nc2ccncn2)CC1. The monoisotopic (exact) mass is 386 g/mol. The van der Waals surface area contributed by atoms with Crippen LogP contribution in [0.5, 0.6) is 0 Å². The number of benzene rings is 1. The summed E-state index contributed by atoms with van der Waals surface area (Å²) >= 11 is 0. The van der Waals surface area contributed by atoms with Crippen molar-refractivity contribution in [1.29, 1.82) is 0 Å². The number of alkyl halides is 3. The van der Waals surface area contributed by atoms with E-state index in [-0.39, 0.29) is 19.1 Å². The summed E-state index contributed by atoms with van der Waals surface area (Å²) in [7, 11) is -4.21. The van der Waals surface area contributed by atoms with Crippen LogP contribution in [0.4, 0.5) is 19.0 Å². The number of nitrogens with one attached hydrogen (secondary N) is 1. The third-order valence-corrected chi connectivity index (χ3v) is 6.15. The smallest absolute Gasteiger partial charge is 0.367 e. The Morgan fingerprint density at radius 1 is 1.12 bits per heavy atom. The van der Waals surface area contributed by atoms with Gasteiger partial charge in [0.15, 0.2) is 0 Å². The van der Waals surface area contributed by atoms with E-state index in [9.17, 15) is 21.6 Å². The lowest BCUT2D eigenvalue weighted by Crippen LogP contribution is -2.42. The first-order valence-electron chi connectivity index (χ1n) is 7.97. The normalized spacial score (nSPS) is 17.2. The molecule has 0 saturated carbocycles. The van der Waals surface area contributed by atoms with Gasteiger partial charge in [-0.1, -0.05) is 12.1 Å². The highest BCUT2D eigenvalue weighted by Crippen LogP contribution is 2.35. The van der Waals surface area contributed by atoms with E-state index >= 15 is 0 Å². The predicted octanol–water partition coefficient (Wildman–Crippen LogP) is 2.76. The lowest BCUT2D eigenvalue weighted by Gasteiger charge is -2.32. The van der Waals surface area contributed by atoms with Gasteiger partial charge in [0.2, 0.25) is 10.0 Å². The summed E-state index contributed by atoms with van der Waals surface area (Å²) < 4.78 is 66.0. The van der Waals surface area contributed by atoms with Gasteiger partial charge < -0.3 is 5.32 Å². The fourth-order valence-corrected chi connectivity index (χ4v) is 4.57. The van der Waals surface area contributed by atoms with Gasteiger partial charge in [-0.25, -0.2) is 18.4 Å². The topological polar surface area (TPSA) is 75.2 Å². The van der Waals surface area contributed by atoms with Crippen LogP contribution in [0.3, 0.4) is 0 Å². The first kappa shape index (κ1) is 18.6. The first-order valence-corrected chi connectivity index (χ1v) is 9.41. The van der Waals surface area contributed by atoms with Crippen molar-refractivity contribution in [2.75, 3.05) is 18.4 Å². The van der Waals surface area contributed by atoms with Gasteiger partial charge >= 0.3 is 6.18 Å². The van der Waals surface area contributed by atoms with E-state index < -0.39 is 26.7 Å². The molecule has 0 bridgehead atoms. The molecule has 1 aromatic carbocycles. The number of nitrogens with zero attached hydrogens (tertiary/aromatic N) is 3. The first-order chi connectivity index (χ1) is 12.3. The molecule has 3 rings (SSSR count). The summed E-state index contributed by atoms with van der Waals surface area (Å²) in [5, 5.41) is 3.18. The van der Waals surface area contributed by atoms with Gasteiger partial charge in [0.1, 0.15) is 12.1 Å². The molecule has 6 nitrogen and oxygen atoms in total. The fourth-order valence-electron chi connectivity index (χ4n) is 2.89. The van der Waals surface area contributed by atoms with Crippen molar-refractivity contribution in [3.05, 3.63) is 48.4 Å².